The van der Waals surface area contributed by atoms with Crippen molar-refractivity contribution in [1.82, 2.24) is 19.9 Å². The molecule has 0 aliphatic heterocycles. The standard InChI is InChI=1S/C35H38N4O5S/c1-44-31-17-10-28(11-18-31)25-39(34(40)21-14-26-12-19-32(20-13-26)45(42,43)38-29-15-16-29)33(23-27-7-3-2-4-8-27)35(41)37-24-30-9-5-6-22-36-30/h2-13,17-20,22,29,33,38H,14-16,21,23-25H2,1H3,(H,37,41)/t33-/m1/s1. The topological polar surface area (TPSA) is 118 Å². The summed E-state index contributed by atoms with van der Waals surface area (Å²) in [5, 5.41) is 2.99. The largest absolute Gasteiger partial charge is 0.497 e. The van der Waals surface area contributed by atoms with Gasteiger partial charge in [-0.15, -0.1) is 0 Å². The average molecular weight is 627 g/mol. The van der Waals surface area contributed by atoms with Gasteiger partial charge in [0.15, 0.2) is 0 Å². The molecule has 0 spiro atoms. The number of sulfonamides is 1. The Morgan fingerprint density at radius 2 is 1.58 bits per heavy atom. The van der Waals surface area contributed by atoms with Crippen LogP contribution < -0.4 is 14.8 Å². The Hall–Kier alpha value is -4.54. The highest BCUT2D eigenvalue weighted by Crippen LogP contribution is 2.23. The normalized spacial score (nSPS) is 13.5. The molecular weight excluding hydrogens is 588 g/mol. The van der Waals surface area contributed by atoms with E-state index in [0.717, 1.165) is 35.2 Å². The smallest absolute Gasteiger partial charge is 0.243 e. The third-order valence-corrected chi connectivity index (χ3v) is 9.25. The monoisotopic (exact) mass is 626 g/mol. The highest BCUT2D eigenvalue weighted by Gasteiger charge is 2.31. The quantitative estimate of drug-likeness (QED) is 0.202. The van der Waals surface area contributed by atoms with Crippen molar-refractivity contribution >= 4 is 21.8 Å². The molecule has 10 heteroatoms. The summed E-state index contributed by atoms with van der Waals surface area (Å²) in [4.78, 5) is 34.0. The van der Waals surface area contributed by atoms with E-state index in [2.05, 4.69) is 15.0 Å². The van der Waals surface area contributed by atoms with E-state index in [0.29, 0.717) is 18.6 Å². The number of aryl methyl sites for hydroxylation is 1. The first kappa shape index (κ1) is 31.9. The summed E-state index contributed by atoms with van der Waals surface area (Å²) in [6.07, 6.45) is 4.26. The van der Waals surface area contributed by atoms with Crippen molar-refractivity contribution in [1.29, 1.82) is 0 Å². The second-order valence-electron chi connectivity index (χ2n) is 11.2. The Morgan fingerprint density at radius 3 is 2.22 bits per heavy atom. The zero-order valence-corrected chi connectivity index (χ0v) is 26.1. The van der Waals surface area contributed by atoms with Crippen LogP contribution in [0.2, 0.25) is 0 Å². The SMILES string of the molecule is COc1ccc(CN(C(=O)CCc2ccc(S(=O)(=O)NC3CC3)cc2)[C@H](Cc2ccccc2)C(=O)NCc2ccccn2)cc1. The van der Waals surface area contributed by atoms with Crippen molar-refractivity contribution in [3.63, 3.8) is 0 Å². The predicted octanol–water partition coefficient (Wildman–Crippen LogP) is 4.42. The van der Waals surface area contributed by atoms with Gasteiger partial charge in [0.1, 0.15) is 11.8 Å². The number of rotatable bonds is 15. The lowest BCUT2D eigenvalue weighted by Gasteiger charge is -2.31. The molecule has 2 amide bonds. The van der Waals surface area contributed by atoms with Gasteiger partial charge in [-0.2, -0.15) is 0 Å². The van der Waals surface area contributed by atoms with Crippen LogP contribution in [0.15, 0.2) is 108 Å². The lowest BCUT2D eigenvalue weighted by atomic mass is 10.0. The Bertz CT molecular complexity index is 1660. The van der Waals surface area contributed by atoms with Crippen LogP contribution in [-0.4, -0.2) is 49.3 Å². The summed E-state index contributed by atoms with van der Waals surface area (Å²) in [5.41, 5.74) is 3.34. The summed E-state index contributed by atoms with van der Waals surface area (Å²) in [5.74, 6) is 0.235. The molecule has 234 valence electrons. The number of aromatic nitrogens is 1. The first-order chi connectivity index (χ1) is 21.8. The summed E-state index contributed by atoms with van der Waals surface area (Å²) in [6, 6.07) is 28.5. The molecule has 1 fully saturated rings. The molecule has 2 N–H and O–H groups in total. The fourth-order valence-corrected chi connectivity index (χ4v) is 6.30. The van der Waals surface area contributed by atoms with Crippen LogP contribution in [0.5, 0.6) is 5.75 Å². The molecule has 1 aromatic heterocycles. The molecule has 5 rings (SSSR count). The third kappa shape index (κ3) is 9.23. The minimum Gasteiger partial charge on any atom is -0.497 e. The number of nitrogens with one attached hydrogen (secondary N) is 2. The number of nitrogens with zero attached hydrogens (tertiary/aromatic N) is 2. The Kier molecular flexibility index (Phi) is 10.6. The second kappa shape index (κ2) is 15.0. The minimum atomic E-state index is -3.56. The Balaban J connectivity index is 1.36. The number of carbonyl (C=O) groups excluding carboxylic acids is 2. The van der Waals surface area contributed by atoms with Gasteiger partial charge < -0.3 is 15.0 Å². The fraction of sp³-hybridized carbons (Fsp3) is 0.286. The van der Waals surface area contributed by atoms with Crippen LogP contribution >= 0.6 is 0 Å². The Morgan fingerprint density at radius 1 is 0.889 bits per heavy atom. The number of pyridine rings is 1. The zero-order chi connectivity index (χ0) is 31.6. The molecule has 0 bridgehead atoms. The highest BCUT2D eigenvalue weighted by atomic mass is 32.2. The molecule has 0 radical (unpaired) electrons. The molecule has 1 heterocycles. The molecule has 0 saturated heterocycles. The van der Waals surface area contributed by atoms with Crippen LogP contribution in [0.25, 0.3) is 0 Å². The molecule has 1 atom stereocenters. The number of benzene rings is 3. The van der Waals surface area contributed by atoms with E-state index in [4.69, 9.17) is 4.74 Å². The van der Waals surface area contributed by atoms with Gasteiger partial charge in [-0.25, -0.2) is 13.1 Å². The molecule has 4 aromatic rings. The first-order valence-electron chi connectivity index (χ1n) is 15.1. The van der Waals surface area contributed by atoms with Crippen molar-refractivity contribution < 1.29 is 22.7 Å². The lowest BCUT2D eigenvalue weighted by Crippen LogP contribution is -2.50. The van der Waals surface area contributed by atoms with Crippen molar-refractivity contribution in [2.75, 3.05) is 7.11 Å². The molecular formula is C35H38N4O5S. The second-order valence-corrected chi connectivity index (χ2v) is 12.9. The molecule has 0 unspecified atom stereocenters. The zero-order valence-electron chi connectivity index (χ0n) is 25.3. The molecule has 45 heavy (non-hydrogen) atoms. The maximum Gasteiger partial charge on any atom is 0.243 e. The molecule has 1 aliphatic carbocycles. The fourth-order valence-electron chi connectivity index (χ4n) is 5.00. The Labute approximate surface area is 264 Å². The average Bonchev–Trinajstić information content (AvgIpc) is 3.89. The highest BCUT2D eigenvalue weighted by molar-refractivity contribution is 7.89. The summed E-state index contributed by atoms with van der Waals surface area (Å²) in [6.45, 7) is 0.460. The maximum atomic E-state index is 14.0. The van der Waals surface area contributed by atoms with Crippen LogP contribution in [0.3, 0.4) is 0 Å². The van der Waals surface area contributed by atoms with Gasteiger partial charge >= 0.3 is 0 Å². The van der Waals surface area contributed by atoms with Gasteiger partial charge in [0, 0.05) is 31.6 Å². The molecule has 1 saturated carbocycles. The van der Waals surface area contributed by atoms with E-state index >= 15 is 0 Å². The van der Waals surface area contributed by atoms with Gasteiger partial charge in [0.05, 0.1) is 24.2 Å². The summed E-state index contributed by atoms with van der Waals surface area (Å²) >= 11 is 0. The van der Waals surface area contributed by atoms with E-state index < -0.39 is 16.1 Å². The van der Waals surface area contributed by atoms with E-state index in [1.807, 2.05) is 72.8 Å². The van der Waals surface area contributed by atoms with Crippen molar-refractivity contribution in [3.8, 4) is 5.75 Å². The number of hydrogen-bond donors (Lipinski definition) is 2. The van der Waals surface area contributed by atoms with Crippen molar-refractivity contribution in [2.45, 2.75) is 62.2 Å². The molecule has 1 aliphatic rings. The number of hydrogen-bond acceptors (Lipinski definition) is 6. The van der Waals surface area contributed by atoms with Crippen LogP contribution in [-0.2, 0) is 45.5 Å². The lowest BCUT2D eigenvalue weighted by molar-refractivity contribution is -0.141. The van der Waals surface area contributed by atoms with Crippen LogP contribution in [0, 0.1) is 0 Å². The third-order valence-electron chi connectivity index (χ3n) is 7.71. The van der Waals surface area contributed by atoms with E-state index in [-0.39, 0.29) is 42.3 Å². The number of amides is 2. The van der Waals surface area contributed by atoms with Gasteiger partial charge in [-0.1, -0.05) is 60.7 Å². The number of carbonyl (C=O) groups is 2. The minimum absolute atomic E-state index is 0.0222. The number of ether oxygens (including phenoxy) is 1. The molecule has 9 nitrogen and oxygen atoms in total. The maximum absolute atomic E-state index is 14.0. The van der Waals surface area contributed by atoms with Gasteiger partial charge in [-0.3, -0.25) is 14.6 Å². The van der Waals surface area contributed by atoms with Crippen molar-refractivity contribution in [3.05, 3.63) is 126 Å². The van der Waals surface area contributed by atoms with Crippen LogP contribution in [0.4, 0.5) is 0 Å². The van der Waals surface area contributed by atoms with E-state index in [1.165, 1.54) is 0 Å². The summed E-state index contributed by atoms with van der Waals surface area (Å²) < 4.78 is 33.1. The van der Waals surface area contributed by atoms with Gasteiger partial charge in [0.2, 0.25) is 21.8 Å². The predicted molar refractivity (Wildman–Crippen MR) is 172 cm³/mol. The molecule has 3 aromatic carbocycles. The van der Waals surface area contributed by atoms with Crippen molar-refractivity contribution in [2.24, 2.45) is 0 Å². The van der Waals surface area contributed by atoms with Gasteiger partial charge in [0.25, 0.3) is 0 Å². The summed E-state index contributed by atoms with van der Waals surface area (Å²) in [7, 11) is -1.96. The van der Waals surface area contributed by atoms with Crippen LogP contribution in [0.1, 0.15) is 41.6 Å². The van der Waals surface area contributed by atoms with E-state index in [1.54, 1.807) is 42.5 Å². The van der Waals surface area contributed by atoms with E-state index in [9.17, 15) is 18.0 Å². The number of methoxy groups -OCH3 is 1. The van der Waals surface area contributed by atoms with Gasteiger partial charge in [-0.05, 0) is 72.4 Å². The first-order valence-corrected chi connectivity index (χ1v) is 16.5.